The number of amides is 1. The average Bonchev–Trinajstić information content (AvgIpc) is 2.37. The van der Waals surface area contributed by atoms with Gasteiger partial charge in [0.1, 0.15) is 6.33 Å². The molecule has 1 rings (SSSR count). The Morgan fingerprint density at radius 2 is 1.89 bits per heavy atom. The van der Waals surface area contributed by atoms with Crippen LogP contribution in [-0.4, -0.2) is 40.4 Å². The van der Waals surface area contributed by atoms with E-state index >= 15 is 0 Å². The van der Waals surface area contributed by atoms with Crippen molar-refractivity contribution in [2.45, 2.75) is 13.8 Å². The third-order valence-electron chi connectivity index (χ3n) is 2.14. The van der Waals surface area contributed by atoms with Crippen molar-refractivity contribution in [2.24, 2.45) is 0 Å². The van der Waals surface area contributed by atoms with Crippen LogP contribution < -0.4 is 16.0 Å². The summed E-state index contributed by atoms with van der Waals surface area (Å²) in [6, 6.07) is 0. The van der Waals surface area contributed by atoms with Crippen molar-refractivity contribution in [3.8, 4) is 0 Å². The molecule has 0 atom stereocenters. The first-order valence-electron chi connectivity index (χ1n) is 5.83. The normalized spacial score (nSPS) is 9.79. The number of nitrogens with one attached hydrogen (secondary N) is 3. The molecule has 0 aromatic carbocycles. The predicted octanol–water partition coefficient (Wildman–Crippen LogP) is 0.365. The molecule has 3 N–H and O–H groups in total. The average molecular weight is 268 g/mol. The second-order valence-electron chi connectivity index (χ2n) is 3.51. The summed E-state index contributed by atoms with van der Waals surface area (Å²) in [5.41, 5.74) is -0.270. The van der Waals surface area contributed by atoms with Crippen molar-refractivity contribution in [1.29, 1.82) is 0 Å². The number of rotatable bonds is 7. The summed E-state index contributed by atoms with van der Waals surface area (Å²) in [4.78, 5) is 29.4. The standard InChI is InChI=1S/C10H16N6O3/c1-3-11-7(17)5-13-10-8(16(18)19)9(12-4-2)14-6-15-10/h6H,3-5H2,1-2H3,(H,11,17)(H2,12,13,14,15). The van der Waals surface area contributed by atoms with Crippen LogP contribution in [0.5, 0.6) is 0 Å². The summed E-state index contributed by atoms with van der Waals surface area (Å²) in [6.45, 7) is 4.49. The maximum atomic E-state index is 11.3. The molecule has 1 heterocycles. The van der Waals surface area contributed by atoms with Crippen LogP contribution in [0, 0.1) is 10.1 Å². The molecule has 9 nitrogen and oxygen atoms in total. The van der Waals surface area contributed by atoms with Gasteiger partial charge in [-0.05, 0) is 13.8 Å². The van der Waals surface area contributed by atoms with E-state index < -0.39 is 4.92 Å². The van der Waals surface area contributed by atoms with Crippen molar-refractivity contribution < 1.29 is 9.72 Å². The van der Waals surface area contributed by atoms with Gasteiger partial charge in [-0.1, -0.05) is 0 Å². The second kappa shape index (κ2) is 7.09. The van der Waals surface area contributed by atoms with Crippen molar-refractivity contribution in [1.82, 2.24) is 15.3 Å². The lowest BCUT2D eigenvalue weighted by atomic mass is 10.4. The molecule has 0 aliphatic carbocycles. The number of aromatic nitrogens is 2. The highest BCUT2D eigenvalue weighted by Crippen LogP contribution is 2.28. The van der Waals surface area contributed by atoms with Gasteiger partial charge in [0.25, 0.3) is 0 Å². The number of hydrogen-bond acceptors (Lipinski definition) is 7. The molecule has 1 amide bonds. The van der Waals surface area contributed by atoms with E-state index in [2.05, 4.69) is 25.9 Å². The molecule has 0 saturated carbocycles. The van der Waals surface area contributed by atoms with Gasteiger partial charge < -0.3 is 16.0 Å². The van der Waals surface area contributed by atoms with E-state index in [4.69, 9.17) is 0 Å². The fourth-order valence-corrected chi connectivity index (χ4v) is 1.40. The molecule has 9 heteroatoms. The highest BCUT2D eigenvalue weighted by atomic mass is 16.6. The Bertz CT molecular complexity index is 465. The van der Waals surface area contributed by atoms with Gasteiger partial charge in [0.05, 0.1) is 11.5 Å². The zero-order chi connectivity index (χ0) is 14.3. The van der Waals surface area contributed by atoms with Crippen LogP contribution in [0.15, 0.2) is 6.33 Å². The molecular weight excluding hydrogens is 252 g/mol. The quantitative estimate of drug-likeness (QED) is 0.482. The smallest absolute Gasteiger partial charge is 0.353 e. The van der Waals surface area contributed by atoms with Gasteiger partial charge in [0, 0.05) is 13.1 Å². The number of anilines is 2. The van der Waals surface area contributed by atoms with Crippen LogP contribution >= 0.6 is 0 Å². The maximum absolute atomic E-state index is 11.3. The fourth-order valence-electron chi connectivity index (χ4n) is 1.40. The number of nitro groups is 1. The summed E-state index contributed by atoms with van der Waals surface area (Å²) in [5, 5.41) is 19.0. The van der Waals surface area contributed by atoms with E-state index in [1.807, 2.05) is 0 Å². The summed E-state index contributed by atoms with van der Waals surface area (Å²) < 4.78 is 0. The highest BCUT2D eigenvalue weighted by Gasteiger charge is 2.22. The molecule has 0 aliphatic rings. The molecule has 0 spiro atoms. The van der Waals surface area contributed by atoms with Crippen molar-refractivity contribution >= 4 is 23.2 Å². The van der Waals surface area contributed by atoms with Crippen LogP contribution in [0.3, 0.4) is 0 Å². The van der Waals surface area contributed by atoms with Gasteiger partial charge in [-0.25, -0.2) is 9.97 Å². The van der Waals surface area contributed by atoms with E-state index in [-0.39, 0.29) is 29.8 Å². The van der Waals surface area contributed by atoms with Gasteiger partial charge in [-0.3, -0.25) is 14.9 Å². The van der Waals surface area contributed by atoms with Gasteiger partial charge in [0.2, 0.25) is 17.5 Å². The number of carbonyl (C=O) groups excluding carboxylic acids is 1. The molecule has 1 aromatic heterocycles. The lowest BCUT2D eigenvalue weighted by Crippen LogP contribution is -2.29. The van der Waals surface area contributed by atoms with Crippen LogP contribution in [0.1, 0.15) is 13.8 Å². The topological polar surface area (TPSA) is 122 Å². The van der Waals surface area contributed by atoms with Crippen molar-refractivity contribution in [2.75, 3.05) is 30.3 Å². The molecule has 19 heavy (non-hydrogen) atoms. The summed E-state index contributed by atoms with van der Waals surface area (Å²) in [5.74, 6) is -0.122. The Hall–Kier alpha value is -2.45. The highest BCUT2D eigenvalue weighted by molar-refractivity contribution is 5.82. The van der Waals surface area contributed by atoms with Crippen molar-refractivity contribution in [3.05, 3.63) is 16.4 Å². The number of nitrogens with zero attached hydrogens (tertiary/aromatic N) is 3. The predicted molar refractivity (Wildman–Crippen MR) is 70.0 cm³/mol. The molecule has 0 bridgehead atoms. The first kappa shape index (κ1) is 14.6. The van der Waals surface area contributed by atoms with Crippen LogP contribution in [0.4, 0.5) is 17.3 Å². The Morgan fingerprint density at radius 1 is 1.26 bits per heavy atom. The van der Waals surface area contributed by atoms with Gasteiger partial charge in [0.15, 0.2) is 0 Å². The zero-order valence-corrected chi connectivity index (χ0v) is 10.8. The Kier molecular flexibility index (Phi) is 5.45. The Balaban J connectivity index is 2.90. The minimum absolute atomic E-state index is 0.0159. The summed E-state index contributed by atoms with van der Waals surface area (Å²) in [7, 11) is 0. The number of carbonyl (C=O) groups is 1. The van der Waals surface area contributed by atoms with E-state index in [0.717, 1.165) is 0 Å². The Labute approximate surface area is 110 Å². The largest absolute Gasteiger partial charge is 0.364 e. The van der Waals surface area contributed by atoms with Crippen LogP contribution in [0.25, 0.3) is 0 Å². The molecule has 0 fully saturated rings. The number of likely N-dealkylation sites (N-methyl/N-ethyl adjacent to an activating group) is 1. The third-order valence-corrected chi connectivity index (χ3v) is 2.14. The lowest BCUT2D eigenvalue weighted by molar-refractivity contribution is -0.383. The van der Waals surface area contributed by atoms with Crippen LogP contribution in [0.2, 0.25) is 0 Å². The van der Waals surface area contributed by atoms with Gasteiger partial charge in [-0.2, -0.15) is 0 Å². The minimum Gasteiger partial charge on any atom is -0.364 e. The maximum Gasteiger partial charge on any atom is 0.353 e. The first-order chi connectivity index (χ1) is 9.10. The molecule has 0 radical (unpaired) electrons. The molecule has 0 unspecified atom stereocenters. The minimum atomic E-state index is -0.585. The van der Waals surface area contributed by atoms with Gasteiger partial charge >= 0.3 is 5.69 Å². The second-order valence-corrected chi connectivity index (χ2v) is 3.51. The van der Waals surface area contributed by atoms with E-state index in [1.165, 1.54) is 6.33 Å². The molecule has 0 saturated heterocycles. The van der Waals surface area contributed by atoms with Crippen LogP contribution in [-0.2, 0) is 4.79 Å². The monoisotopic (exact) mass is 268 g/mol. The molecular formula is C10H16N6O3. The van der Waals surface area contributed by atoms with Gasteiger partial charge in [-0.15, -0.1) is 0 Å². The fraction of sp³-hybridized carbons (Fsp3) is 0.500. The Morgan fingerprint density at radius 3 is 2.42 bits per heavy atom. The van der Waals surface area contributed by atoms with Crippen molar-refractivity contribution in [3.63, 3.8) is 0 Å². The summed E-state index contributed by atoms with van der Waals surface area (Å²) in [6.07, 6.45) is 1.20. The zero-order valence-electron chi connectivity index (χ0n) is 10.8. The SMILES string of the molecule is CCNC(=O)CNc1ncnc(NCC)c1[N+](=O)[O-]. The first-order valence-corrected chi connectivity index (χ1v) is 5.83. The third kappa shape index (κ3) is 4.05. The number of hydrogen-bond donors (Lipinski definition) is 3. The van der Waals surface area contributed by atoms with E-state index in [9.17, 15) is 14.9 Å². The lowest BCUT2D eigenvalue weighted by Gasteiger charge is -2.08. The molecule has 104 valence electrons. The molecule has 0 aliphatic heterocycles. The van der Waals surface area contributed by atoms with E-state index in [0.29, 0.717) is 13.1 Å². The summed E-state index contributed by atoms with van der Waals surface area (Å²) >= 11 is 0. The van der Waals surface area contributed by atoms with E-state index in [1.54, 1.807) is 13.8 Å². The molecule has 1 aromatic rings.